The van der Waals surface area contributed by atoms with E-state index in [1.807, 2.05) is 18.5 Å². The van der Waals surface area contributed by atoms with Gasteiger partial charge in [0, 0.05) is 54.5 Å². The fraction of sp³-hybridized carbons (Fsp3) is 0.238. The normalized spacial score (nSPS) is 13.3. The number of aromatic nitrogens is 3. The number of hydrogen-bond donors (Lipinski definition) is 3. The van der Waals surface area contributed by atoms with Gasteiger partial charge in [0.1, 0.15) is 5.82 Å². The van der Waals surface area contributed by atoms with Gasteiger partial charge >= 0.3 is 11.9 Å². The summed E-state index contributed by atoms with van der Waals surface area (Å²) in [7, 11) is 1.93. The highest BCUT2D eigenvalue weighted by atomic mass is 19.1. The second-order valence-electron chi connectivity index (χ2n) is 7.00. The number of fused-ring (bicyclic) bond motifs is 3. The van der Waals surface area contributed by atoms with Gasteiger partial charge in [-0.05, 0) is 25.1 Å². The van der Waals surface area contributed by atoms with Gasteiger partial charge < -0.3 is 24.7 Å². The molecular formula is C21H21FN4O5. The van der Waals surface area contributed by atoms with Crippen molar-refractivity contribution < 1.29 is 29.0 Å². The summed E-state index contributed by atoms with van der Waals surface area (Å²) < 4.78 is 15.6. The lowest BCUT2D eigenvalue weighted by Gasteiger charge is -2.27. The van der Waals surface area contributed by atoms with E-state index in [2.05, 4.69) is 9.97 Å². The number of H-pyrrole nitrogens is 1. The molecular weight excluding hydrogens is 407 g/mol. The Kier molecular flexibility index (Phi) is 6.19. The number of imidazole rings is 1. The Bertz CT molecular complexity index is 1180. The van der Waals surface area contributed by atoms with Crippen molar-refractivity contribution in [3.8, 4) is 0 Å². The monoisotopic (exact) mass is 428 g/mol. The van der Waals surface area contributed by atoms with E-state index in [0.717, 1.165) is 29.0 Å². The molecule has 1 amide bonds. The molecule has 9 nitrogen and oxygen atoms in total. The molecule has 1 aromatic carbocycles. The summed E-state index contributed by atoms with van der Waals surface area (Å²) in [5, 5.41) is 16.3. The highest BCUT2D eigenvalue weighted by molar-refractivity contribution is 6.09. The van der Waals surface area contributed by atoms with Crippen LogP contribution in [0.3, 0.4) is 0 Å². The molecule has 1 aliphatic heterocycles. The number of aliphatic carboxylic acids is 2. The SMILES string of the molecule is Cc1[nH]cnc1CN1CCc2c(c3cc(F)ccc3n2C)C1=O.O=C(O)/C=C\C(=O)O. The molecule has 3 aromatic rings. The third kappa shape index (κ3) is 4.63. The zero-order valence-electron chi connectivity index (χ0n) is 16.9. The van der Waals surface area contributed by atoms with Gasteiger partial charge in [-0.3, -0.25) is 4.79 Å². The molecule has 2 aromatic heterocycles. The predicted octanol–water partition coefficient (Wildman–Crippen LogP) is 2.26. The van der Waals surface area contributed by atoms with Gasteiger partial charge in [0.25, 0.3) is 5.91 Å². The van der Waals surface area contributed by atoms with Gasteiger partial charge in [-0.25, -0.2) is 19.0 Å². The molecule has 0 saturated heterocycles. The molecule has 0 radical (unpaired) electrons. The molecule has 0 unspecified atom stereocenters. The predicted molar refractivity (Wildman–Crippen MR) is 109 cm³/mol. The quantitative estimate of drug-likeness (QED) is 0.547. The summed E-state index contributed by atoms with van der Waals surface area (Å²) in [6.45, 7) is 3.06. The van der Waals surface area contributed by atoms with Crippen molar-refractivity contribution in [1.82, 2.24) is 19.4 Å². The Morgan fingerprint density at radius 2 is 1.94 bits per heavy atom. The molecule has 0 saturated carbocycles. The molecule has 0 spiro atoms. The Hall–Kier alpha value is -3.95. The van der Waals surface area contributed by atoms with E-state index in [9.17, 15) is 18.8 Å². The van der Waals surface area contributed by atoms with E-state index in [4.69, 9.17) is 10.2 Å². The topological polar surface area (TPSA) is 129 Å². The van der Waals surface area contributed by atoms with Crippen molar-refractivity contribution in [1.29, 1.82) is 0 Å². The number of carboxylic acid groups (broad SMARTS) is 2. The highest BCUT2D eigenvalue weighted by Crippen LogP contribution is 2.31. The molecule has 0 bridgehead atoms. The van der Waals surface area contributed by atoms with Crippen LogP contribution in [0.4, 0.5) is 4.39 Å². The van der Waals surface area contributed by atoms with Gasteiger partial charge in [-0.1, -0.05) is 0 Å². The van der Waals surface area contributed by atoms with Gasteiger partial charge in [-0.2, -0.15) is 0 Å². The number of carbonyl (C=O) groups is 3. The van der Waals surface area contributed by atoms with Crippen LogP contribution < -0.4 is 0 Å². The maximum absolute atomic E-state index is 13.6. The first-order valence-electron chi connectivity index (χ1n) is 9.38. The summed E-state index contributed by atoms with van der Waals surface area (Å²) in [5.74, 6) is -2.89. The van der Waals surface area contributed by atoms with Crippen LogP contribution in [0, 0.1) is 12.7 Å². The lowest BCUT2D eigenvalue weighted by molar-refractivity contribution is -0.134. The van der Waals surface area contributed by atoms with Crippen LogP contribution in [0.1, 0.15) is 27.4 Å². The Labute approximate surface area is 176 Å². The first-order chi connectivity index (χ1) is 14.7. The number of rotatable bonds is 4. The Morgan fingerprint density at radius 1 is 1.26 bits per heavy atom. The highest BCUT2D eigenvalue weighted by Gasteiger charge is 2.30. The number of amides is 1. The minimum Gasteiger partial charge on any atom is -0.478 e. The third-order valence-electron chi connectivity index (χ3n) is 5.05. The smallest absolute Gasteiger partial charge is 0.328 e. The third-order valence-corrected chi connectivity index (χ3v) is 5.05. The van der Waals surface area contributed by atoms with E-state index in [-0.39, 0.29) is 11.7 Å². The van der Waals surface area contributed by atoms with Crippen molar-refractivity contribution >= 4 is 28.7 Å². The summed E-state index contributed by atoms with van der Waals surface area (Å²) in [4.78, 5) is 41.1. The van der Waals surface area contributed by atoms with E-state index >= 15 is 0 Å². The van der Waals surface area contributed by atoms with Crippen molar-refractivity contribution in [2.24, 2.45) is 7.05 Å². The maximum atomic E-state index is 13.6. The van der Waals surface area contributed by atoms with Crippen molar-refractivity contribution in [2.75, 3.05) is 6.54 Å². The number of benzene rings is 1. The fourth-order valence-corrected chi connectivity index (χ4v) is 3.52. The van der Waals surface area contributed by atoms with Gasteiger partial charge in [0.05, 0.1) is 24.1 Å². The number of hydrogen-bond acceptors (Lipinski definition) is 4. The number of aromatic amines is 1. The van der Waals surface area contributed by atoms with Crippen LogP contribution in [-0.2, 0) is 29.6 Å². The number of carboxylic acids is 2. The molecule has 0 aliphatic carbocycles. The lowest BCUT2D eigenvalue weighted by atomic mass is 10.0. The molecule has 0 fully saturated rings. The van der Waals surface area contributed by atoms with Crippen molar-refractivity contribution in [3.05, 3.63) is 65.1 Å². The van der Waals surface area contributed by atoms with Gasteiger partial charge in [0.2, 0.25) is 0 Å². The summed E-state index contributed by atoms with van der Waals surface area (Å²) in [5.41, 5.74) is 4.33. The molecule has 4 rings (SSSR count). The zero-order valence-corrected chi connectivity index (χ0v) is 16.9. The zero-order chi connectivity index (χ0) is 22.7. The standard InChI is InChI=1S/C17H17FN4O.C4H4O4/c1-10-13(20-9-19-10)8-22-6-5-15-16(17(22)23)12-7-11(18)3-4-14(12)21(15)2;5-3(6)1-2-4(7)8/h3-4,7,9H,5-6,8H2,1-2H3,(H,19,20);1-2H,(H,5,6)(H,7,8)/b;2-1-. The van der Waals surface area contributed by atoms with Crippen LogP contribution >= 0.6 is 0 Å². The molecule has 31 heavy (non-hydrogen) atoms. The first kappa shape index (κ1) is 21.8. The second kappa shape index (κ2) is 8.82. The molecule has 10 heteroatoms. The van der Waals surface area contributed by atoms with Crippen LogP contribution in [0.5, 0.6) is 0 Å². The summed E-state index contributed by atoms with van der Waals surface area (Å²) >= 11 is 0. The first-order valence-corrected chi connectivity index (χ1v) is 9.38. The van der Waals surface area contributed by atoms with Gasteiger partial charge in [-0.15, -0.1) is 0 Å². The van der Waals surface area contributed by atoms with Crippen molar-refractivity contribution in [2.45, 2.75) is 19.9 Å². The number of nitrogens with zero attached hydrogens (tertiary/aromatic N) is 3. The van der Waals surface area contributed by atoms with Crippen LogP contribution in [0.25, 0.3) is 10.9 Å². The summed E-state index contributed by atoms with van der Waals surface area (Å²) in [6, 6.07) is 4.62. The van der Waals surface area contributed by atoms with Crippen molar-refractivity contribution in [3.63, 3.8) is 0 Å². The molecule has 0 atom stereocenters. The van der Waals surface area contributed by atoms with E-state index in [0.29, 0.717) is 36.2 Å². The Balaban J connectivity index is 0.000000293. The second-order valence-corrected chi connectivity index (χ2v) is 7.00. The lowest BCUT2D eigenvalue weighted by Crippen LogP contribution is -2.37. The fourth-order valence-electron chi connectivity index (χ4n) is 3.52. The maximum Gasteiger partial charge on any atom is 0.328 e. The largest absolute Gasteiger partial charge is 0.478 e. The number of halogens is 1. The Morgan fingerprint density at radius 3 is 2.52 bits per heavy atom. The van der Waals surface area contributed by atoms with E-state index in [1.165, 1.54) is 12.1 Å². The molecule has 1 aliphatic rings. The average molecular weight is 428 g/mol. The van der Waals surface area contributed by atoms with E-state index < -0.39 is 11.9 Å². The summed E-state index contributed by atoms with van der Waals surface area (Å²) in [6.07, 6.45) is 3.51. The molecule has 3 N–H and O–H groups in total. The van der Waals surface area contributed by atoms with Crippen LogP contribution in [0.2, 0.25) is 0 Å². The van der Waals surface area contributed by atoms with E-state index in [1.54, 1.807) is 17.3 Å². The minimum absolute atomic E-state index is 0.0511. The molecule has 3 heterocycles. The van der Waals surface area contributed by atoms with Crippen LogP contribution in [-0.4, -0.2) is 54.0 Å². The number of nitrogens with one attached hydrogen (secondary N) is 1. The minimum atomic E-state index is -1.26. The average Bonchev–Trinajstić information content (AvgIpc) is 3.24. The number of carbonyl (C=O) groups excluding carboxylic acids is 1. The number of aryl methyl sites for hydroxylation is 2. The van der Waals surface area contributed by atoms with Gasteiger partial charge in [0.15, 0.2) is 0 Å². The van der Waals surface area contributed by atoms with Crippen LogP contribution in [0.15, 0.2) is 36.7 Å². The molecule has 162 valence electrons.